The number of hydrogen-bond donors (Lipinski definition) is 0. The minimum Gasteiger partial charge on any atom is -0.335 e. The minimum absolute atomic E-state index is 0.109. The Bertz CT molecular complexity index is 525. The molecule has 0 radical (unpaired) electrons. The van der Waals surface area contributed by atoms with Gasteiger partial charge in [0.25, 0.3) is 0 Å². The van der Waals surface area contributed by atoms with Gasteiger partial charge in [-0.25, -0.2) is 0 Å². The van der Waals surface area contributed by atoms with Gasteiger partial charge >= 0.3 is 0 Å². The van der Waals surface area contributed by atoms with Gasteiger partial charge in [0.1, 0.15) is 0 Å². The Hall–Kier alpha value is -1.42. The van der Waals surface area contributed by atoms with E-state index in [0.717, 1.165) is 25.2 Å². The number of carbonyl (C=O) groups is 1. The van der Waals surface area contributed by atoms with Crippen LogP contribution in [0.3, 0.4) is 0 Å². The lowest BCUT2D eigenvalue weighted by Crippen LogP contribution is -2.49. The van der Waals surface area contributed by atoms with Crippen LogP contribution in [-0.4, -0.2) is 52.4 Å². The molecule has 0 bridgehead atoms. The smallest absolute Gasteiger partial charge is 0.229 e. The molecule has 1 atom stereocenters. The van der Waals surface area contributed by atoms with E-state index in [4.69, 9.17) is 0 Å². The van der Waals surface area contributed by atoms with Crippen molar-refractivity contribution in [2.75, 3.05) is 20.1 Å². The van der Waals surface area contributed by atoms with Gasteiger partial charge in [-0.05, 0) is 45.0 Å². The Morgan fingerprint density at radius 3 is 2.78 bits per heavy atom. The molecule has 4 nitrogen and oxygen atoms in total. The molecule has 2 heterocycles. The predicted molar refractivity (Wildman–Crippen MR) is 92.2 cm³/mol. The van der Waals surface area contributed by atoms with Gasteiger partial charge in [0.05, 0.1) is 6.42 Å². The van der Waals surface area contributed by atoms with E-state index in [1.165, 1.54) is 32.1 Å². The molecule has 1 aromatic rings. The summed E-state index contributed by atoms with van der Waals surface area (Å²) in [5.74, 6) is 0.262. The highest BCUT2D eigenvalue weighted by molar-refractivity contribution is 5.79. The Morgan fingerprint density at radius 1 is 1.35 bits per heavy atom. The summed E-state index contributed by atoms with van der Waals surface area (Å²) in [6.07, 6.45) is 9.54. The molecule has 1 aromatic heterocycles. The number of pyridine rings is 1. The van der Waals surface area contributed by atoms with Crippen LogP contribution in [0.15, 0.2) is 24.4 Å². The fourth-order valence-electron chi connectivity index (χ4n) is 4.37. The van der Waals surface area contributed by atoms with E-state index in [-0.39, 0.29) is 11.4 Å². The summed E-state index contributed by atoms with van der Waals surface area (Å²) in [5.41, 5.74) is 0.994. The van der Waals surface area contributed by atoms with Crippen LogP contribution in [0.1, 0.15) is 51.1 Å². The second-order valence-electron chi connectivity index (χ2n) is 7.22. The molecule has 2 fully saturated rings. The summed E-state index contributed by atoms with van der Waals surface area (Å²) in [6.45, 7) is 4.13. The van der Waals surface area contributed by atoms with Crippen molar-refractivity contribution in [3.8, 4) is 0 Å². The number of hydrogen-bond acceptors (Lipinski definition) is 3. The van der Waals surface area contributed by atoms with Gasteiger partial charge in [-0.15, -0.1) is 0 Å². The standard InChI is InChI=1S/C19H29N3O/c1-3-21(2)17-14-19(10-6-4-7-11-19)22(15-17)18(23)13-16-9-5-8-12-20-16/h5,8-9,12,17H,3-4,6-7,10-11,13-15H2,1-2H3. The SMILES string of the molecule is CCN(C)C1CN(C(=O)Cc2ccccn2)C2(CCCCC2)C1. The zero-order valence-corrected chi connectivity index (χ0v) is 14.5. The van der Waals surface area contributed by atoms with Crippen molar-refractivity contribution in [3.05, 3.63) is 30.1 Å². The second-order valence-corrected chi connectivity index (χ2v) is 7.22. The van der Waals surface area contributed by atoms with E-state index < -0.39 is 0 Å². The Kier molecular flexibility index (Phi) is 5.00. The van der Waals surface area contributed by atoms with Crippen LogP contribution in [-0.2, 0) is 11.2 Å². The molecule has 0 aromatic carbocycles. The lowest BCUT2D eigenvalue weighted by molar-refractivity contribution is -0.135. The Labute approximate surface area is 139 Å². The normalized spacial score (nSPS) is 23.6. The molecule has 1 saturated carbocycles. The minimum atomic E-state index is 0.109. The molecule has 1 unspecified atom stereocenters. The van der Waals surface area contributed by atoms with Crippen molar-refractivity contribution in [2.24, 2.45) is 0 Å². The van der Waals surface area contributed by atoms with Crippen LogP contribution in [0.25, 0.3) is 0 Å². The predicted octanol–water partition coefficient (Wildman–Crippen LogP) is 2.88. The molecule has 0 N–H and O–H groups in total. The quantitative estimate of drug-likeness (QED) is 0.857. The first-order valence-electron chi connectivity index (χ1n) is 9.05. The van der Waals surface area contributed by atoms with Gasteiger partial charge in [0.2, 0.25) is 5.91 Å². The summed E-state index contributed by atoms with van der Waals surface area (Å²) >= 11 is 0. The third kappa shape index (κ3) is 3.42. The fraction of sp³-hybridized carbons (Fsp3) is 0.684. The maximum absolute atomic E-state index is 13.0. The first-order chi connectivity index (χ1) is 11.1. The topological polar surface area (TPSA) is 36.4 Å². The van der Waals surface area contributed by atoms with Crippen molar-refractivity contribution in [3.63, 3.8) is 0 Å². The maximum Gasteiger partial charge on any atom is 0.229 e. The van der Waals surface area contributed by atoms with Gasteiger partial charge < -0.3 is 9.80 Å². The summed E-state index contributed by atoms with van der Waals surface area (Å²) in [4.78, 5) is 22.0. The molecular weight excluding hydrogens is 286 g/mol. The summed E-state index contributed by atoms with van der Waals surface area (Å²) in [6, 6.07) is 6.32. The maximum atomic E-state index is 13.0. The first kappa shape index (κ1) is 16.4. The number of nitrogens with zero attached hydrogens (tertiary/aromatic N) is 3. The lowest BCUT2D eigenvalue weighted by Gasteiger charge is -2.41. The number of likely N-dealkylation sites (tertiary alicyclic amines) is 1. The largest absolute Gasteiger partial charge is 0.335 e. The zero-order valence-electron chi connectivity index (χ0n) is 14.5. The zero-order chi connectivity index (χ0) is 16.3. The fourth-order valence-corrected chi connectivity index (χ4v) is 4.37. The average molecular weight is 315 g/mol. The molecule has 3 rings (SSSR count). The van der Waals surface area contributed by atoms with Crippen LogP contribution in [0.5, 0.6) is 0 Å². The van der Waals surface area contributed by atoms with E-state index in [2.05, 4.69) is 28.8 Å². The van der Waals surface area contributed by atoms with Crippen LogP contribution in [0, 0.1) is 0 Å². The Morgan fingerprint density at radius 2 is 2.13 bits per heavy atom. The molecule has 23 heavy (non-hydrogen) atoms. The molecule has 1 saturated heterocycles. The molecule has 1 aliphatic carbocycles. The summed E-state index contributed by atoms with van der Waals surface area (Å²) in [5, 5.41) is 0. The van der Waals surface area contributed by atoms with Crippen LogP contribution >= 0.6 is 0 Å². The molecule has 1 spiro atoms. The molecule has 4 heteroatoms. The Balaban J connectivity index is 1.77. The molecule has 126 valence electrons. The van der Waals surface area contributed by atoms with Crippen molar-refractivity contribution < 1.29 is 4.79 Å². The van der Waals surface area contributed by atoms with E-state index in [1.54, 1.807) is 6.20 Å². The van der Waals surface area contributed by atoms with Crippen molar-refractivity contribution >= 4 is 5.91 Å². The van der Waals surface area contributed by atoms with Gasteiger partial charge in [-0.3, -0.25) is 9.78 Å². The number of aromatic nitrogens is 1. The second kappa shape index (κ2) is 7.00. The summed E-state index contributed by atoms with van der Waals surface area (Å²) in [7, 11) is 2.19. The lowest BCUT2D eigenvalue weighted by atomic mass is 9.79. The molecule has 1 aliphatic heterocycles. The number of carbonyl (C=O) groups excluding carboxylic acids is 1. The van der Waals surface area contributed by atoms with Gasteiger partial charge in [0, 0.05) is 30.0 Å². The first-order valence-corrected chi connectivity index (χ1v) is 9.05. The van der Waals surface area contributed by atoms with Crippen molar-refractivity contribution in [1.82, 2.24) is 14.8 Å². The molecule has 2 aliphatic rings. The van der Waals surface area contributed by atoms with Gasteiger partial charge in [-0.2, -0.15) is 0 Å². The summed E-state index contributed by atoms with van der Waals surface area (Å²) < 4.78 is 0. The molecule has 1 amide bonds. The average Bonchev–Trinajstić information content (AvgIpc) is 2.94. The van der Waals surface area contributed by atoms with Crippen molar-refractivity contribution in [2.45, 2.75) is 63.5 Å². The van der Waals surface area contributed by atoms with Crippen LogP contribution < -0.4 is 0 Å². The number of likely N-dealkylation sites (N-methyl/N-ethyl adjacent to an activating group) is 1. The highest BCUT2D eigenvalue weighted by Gasteiger charge is 2.48. The highest BCUT2D eigenvalue weighted by Crippen LogP contribution is 2.43. The number of rotatable bonds is 4. The van der Waals surface area contributed by atoms with Gasteiger partial charge in [0.15, 0.2) is 0 Å². The molecular formula is C19H29N3O. The van der Waals surface area contributed by atoms with E-state index in [0.29, 0.717) is 12.5 Å². The number of amides is 1. The monoisotopic (exact) mass is 315 g/mol. The third-order valence-corrected chi connectivity index (χ3v) is 5.85. The highest BCUT2D eigenvalue weighted by atomic mass is 16.2. The van der Waals surface area contributed by atoms with Crippen LogP contribution in [0.4, 0.5) is 0 Å². The van der Waals surface area contributed by atoms with E-state index in [1.807, 2.05) is 18.2 Å². The van der Waals surface area contributed by atoms with E-state index in [9.17, 15) is 4.79 Å². The third-order valence-electron chi connectivity index (χ3n) is 5.85. The van der Waals surface area contributed by atoms with E-state index >= 15 is 0 Å². The van der Waals surface area contributed by atoms with Crippen molar-refractivity contribution in [1.29, 1.82) is 0 Å². The van der Waals surface area contributed by atoms with Crippen LogP contribution in [0.2, 0.25) is 0 Å². The van der Waals surface area contributed by atoms with Gasteiger partial charge in [-0.1, -0.05) is 32.3 Å².